The van der Waals surface area contributed by atoms with E-state index < -0.39 is 23.8 Å². The molecule has 1 rings (SSSR count). The quantitative estimate of drug-likeness (QED) is 0.603. The van der Waals surface area contributed by atoms with E-state index in [9.17, 15) is 19.5 Å². The number of alkyl carbamates (subject to hydrolysis) is 1. The van der Waals surface area contributed by atoms with Crippen LogP contribution in [0.25, 0.3) is 0 Å². The van der Waals surface area contributed by atoms with Crippen LogP contribution < -0.4 is 10.6 Å². The van der Waals surface area contributed by atoms with E-state index in [1.807, 2.05) is 27.0 Å². The lowest BCUT2D eigenvalue weighted by molar-refractivity contribution is -0.126. The Kier molecular flexibility index (Phi) is 9.21. The maximum absolute atomic E-state index is 12.6. The van der Waals surface area contributed by atoms with Crippen molar-refractivity contribution in [3.8, 4) is 0 Å². The first-order valence-corrected chi connectivity index (χ1v) is 10.7. The third kappa shape index (κ3) is 8.73. The zero-order valence-electron chi connectivity index (χ0n) is 16.9. The van der Waals surface area contributed by atoms with Crippen LogP contribution in [0.3, 0.4) is 0 Å². The maximum atomic E-state index is 12.6. The molecule has 0 aliphatic heterocycles. The number of ether oxygens (including phenoxy) is 1. The Morgan fingerprint density at radius 1 is 1.15 bits per heavy atom. The SMILES string of the molecule is CSCC[C@@H](C(=O)NC1CCC(NC(=O)OC(C)(C)C)CC1)N(C)C(=O)O. The van der Waals surface area contributed by atoms with Crippen molar-refractivity contribution < 1.29 is 24.2 Å². The van der Waals surface area contributed by atoms with Crippen molar-refractivity contribution in [2.75, 3.05) is 19.1 Å². The van der Waals surface area contributed by atoms with Crippen LogP contribution in [-0.2, 0) is 9.53 Å². The molecule has 8 nitrogen and oxygen atoms in total. The summed E-state index contributed by atoms with van der Waals surface area (Å²) < 4.78 is 5.27. The fraction of sp³-hybridized carbons (Fsp3) is 0.833. The van der Waals surface area contributed by atoms with Crippen LogP contribution in [0.1, 0.15) is 52.9 Å². The zero-order valence-corrected chi connectivity index (χ0v) is 17.7. The monoisotopic (exact) mass is 403 g/mol. The molecule has 3 N–H and O–H groups in total. The standard InChI is InChI=1S/C18H33N3O5S/c1-18(2,3)26-16(23)20-13-8-6-12(7-9-13)19-15(22)14(10-11-27-5)21(4)17(24)25/h12-14H,6-11H2,1-5H3,(H,19,22)(H,20,23)(H,24,25)/t12?,13?,14-/m0/s1. The first-order valence-electron chi connectivity index (χ1n) is 9.28. The number of hydrogen-bond donors (Lipinski definition) is 3. The number of nitrogens with one attached hydrogen (secondary N) is 2. The van der Waals surface area contributed by atoms with Crippen molar-refractivity contribution in [3.05, 3.63) is 0 Å². The van der Waals surface area contributed by atoms with Crippen molar-refractivity contribution in [3.63, 3.8) is 0 Å². The van der Waals surface area contributed by atoms with E-state index in [4.69, 9.17) is 4.74 Å². The van der Waals surface area contributed by atoms with Gasteiger partial charge in [-0.05, 0) is 64.9 Å². The van der Waals surface area contributed by atoms with Crippen molar-refractivity contribution >= 4 is 29.9 Å². The van der Waals surface area contributed by atoms with E-state index >= 15 is 0 Å². The minimum absolute atomic E-state index is 0.00633. The van der Waals surface area contributed by atoms with E-state index in [0.717, 1.165) is 30.6 Å². The zero-order chi connectivity index (χ0) is 20.6. The summed E-state index contributed by atoms with van der Waals surface area (Å²) in [7, 11) is 1.43. The van der Waals surface area contributed by atoms with Gasteiger partial charge >= 0.3 is 12.2 Å². The summed E-state index contributed by atoms with van der Waals surface area (Å²) >= 11 is 1.58. The van der Waals surface area contributed by atoms with Gasteiger partial charge in [0, 0.05) is 19.1 Å². The van der Waals surface area contributed by atoms with Gasteiger partial charge in [0.25, 0.3) is 0 Å². The highest BCUT2D eigenvalue weighted by molar-refractivity contribution is 7.98. The number of carbonyl (C=O) groups excluding carboxylic acids is 2. The molecule has 0 aromatic carbocycles. The molecule has 1 atom stereocenters. The van der Waals surface area contributed by atoms with Gasteiger partial charge in [-0.2, -0.15) is 11.8 Å². The van der Waals surface area contributed by atoms with Crippen LogP contribution in [0.15, 0.2) is 0 Å². The van der Waals surface area contributed by atoms with E-state index in [-0.39, 0.29) is 18.0 Å². The third-order valence-electron chi connectivity index (χ3n) is 4.46. The summed E-state index contributed by atoms with van der Waals surface area (Å²) in [6.45, 7) is 5.46. The van der Waals surface area contributed by atoms with Crippen molar-refractivity contribution in [1.29, 1.82) is 0 Å². The predicted octanol–water partition coefficient (Wildman–Crippen LogP) is 2.67. The Morgan fingerprint density at radius 2 is 1.67 bits per heavy atom. The minimum Gasteiger partial charge on any atom is -0.465 e. The lowest BCUT2D eigenvalue weighted by atomic mass is 9.91. The number of carbonyl (C=O) groups is 3. The van der Waals surface area contributed by atoms with Gasteiger partial charge in [0.05, 0.1) is 0 Å². The van der Waals surface area contributed by atoms with Gasteiger partial charge in [-0.3, -0.25) is 9.69 Å². The molecule has 1 aliphatic carbocycles. The average Bonchev–Trinajstić information content (AvgIpc) is 2.55. The minimum atomic E-state index is -1.11. The van der Waals surface area contributed by atoms with Crippen LogP contribution >= 0.6 is 11.8 Å². The molecule has 156 valence electrons. The molecule has 0 spiro atoms. The van der Waals surface area contributed by atoms with Crippen LogP contribution in [0, 0.1) is 0 Å². The third-order valence-corrected chi connectivity index (χ3v) is 5.11. The van der Waals surface area contributed by atoms with Gasteiger partial charge in [-0.15, -0.1) is 0 Å². The van der Waals surface area contributed by atoms with Gasteiger partial charge in [0.15, 0.2) is 0 Å². The first kappa shape index (κ1) is 23.4. The predicted molar refractivity (Wildman–Crippen MR) is 106 cm³/mol. The molecule has 27 heavy (non-hydrogen) atoms. The number of hydrogen-bond acceptors (Lipinski definition) is 5. The molecule has 1 fully saturated rings. The molecule has 0 aromatic heterocycles. The second kappa shape index (κ2) is 10.6. The van der Waals surface area contributed by atoms with E-state index in [1.165, 1.54) is 7.05 Å². The smallest absolute Gasteiger partial charge is 0.407 e. The van der Waals surface area contributed by atoms with Crippen LogP contribution in [0.4, 0.5) is 9.59 Å². The van der Waals surface area contributed by atoms with Gasteiger partial charge in [-0.1, -0.05) is 0 Å². The van der Waals surface area contributed by atoms with E-state index in [2.05, 4.69) is 10.6 Å². The summed E-state index contributed by atoms with van der Waals surface area (Å²) in [4.78, 5) is 36.7. The number of likely N-dealkylation sites (N-methyl/N-ethyl adjacent to an activating group) is 1. The molecule has 1 saturated carbocycles. The van der Waals surface area contributed by atoms with E-state index in [1.54, 1.807) is 11.8 Å². The Balaban J connectivity index is 2.48. The second-order valence-electron chi connectivity index (χ2n) is 7.89. The largest absolute Gasteiger partial charge is 0.465 e. The molecule has 1 aliphatic rings. The van der Waals surface area contributed by atoms with Crippen LogP contribution in [0.5, 0.6) is 0 Å². The number of thioether (sulfide) groups is 1. The molecule has 0 saturated heterocycles. The fourth-order valence-electron chi connectivity index (χ4n) is 3.02. The highest BCUT2D eigenvalue weighted by atomic mass is 32.2. The molecular formula is C18H33N3O5S. The summed E-state index contributed by atoms with van der Waals surface area (Å²) in [6.07, 6.45) is 3.83. The molecule has 0 radical (unpaired) electrons. The Hall–Kier alpha value is -1.64. The number of carboxylic acid groups (broad SMARTS) is 1. The normalized spacial score (nSPS) is 21.1. The average molecular weight is 404 g/mol. The van der Waals surface area contributed by atoms with Gasteiger partial charge in [0.2, 0.25) is 5.91 Å². The number of amides is 3. The number of rotatable bonds is 7. The highest BCUT2D eigenvalue weighted by Gasteiger charge is 2.30. The Morgan fingerprint density at radius 3 is 2.11 bits per heavy atom. The molecule has 0 aromatic rings. The van der Waals surface area contributed by atoms with E-state index in [0.29, 0.717) is 12.2 Å². The first-order chi connectivity index (χ1) is 12.5. The molecule has 0 bridgehead atoms. The fourth-order valence-corrected chi connectivity index (χ4v) is 3.48. The second-order valence-corrected chi connectivity index (χ2v) is 8.88. The topological polar surface area (TPSA) is 108 Å². The molecular weight excluding hydrogens is 370 g/mol. The molecule has 3 amide bonds. The van der Waals surface area contributed by atoms with Gasteiger partial charge < -0.3 is 20.5 Å². The van der Waals surface area contributed by atoms with Gasteiger partial charge in [-0.25, -0.2) is 9.59 Å². The van der Waals surface area contributed by atoms with Crippen molar-refractivity contribution in [2.45, 2.75) is 76.6 Å². The molecule has 9 heteroatoms. The number of nitrogens with zero attached hydrogens (tertiary/aromatic N) is 1. The molecule has 0 heterocycles. The lowest BCUT2D eigenvalue weighted by Gasteiger charge is -2.32. The summed E-state index contributed by atoms with van der Waals surface area (Å²) in [5.41, 5.74) is -0.531. The van der Waals surface area contributed by atoms with Crippen LogP contribution in [0.2, 0.25) is 0 Å². The van der Waals surface area contributed by atoms with Crippen molar-refractivity contribution in [1.82, 2.24) is 15.5 Å². The van der Waals surface area contributed by atoms with Crippen LogP contribution in [-0.4, -0.2) is 70.9 Å². The lowest BCUT2D eigenvalue weighted by Crippen LogP contribution is -2.52. The highest BCUT2D eigenvalue weighted by Crippen LogP contribution is 2.20. The Labute approximate surface area is 165 Å². The molecule has 0 unspecified atom stereocenters. The summed E-state index contributed by atoms with van der Waals surface area (Å²) in [5, 5.41) is 15.0. The Bertz CT molecular complexity index is 516. The van der Waals surface area contributed by atoms with Crippen molar-refractivity contribution in [2.24, 2.45) is 0 Å². The summed E-state index contributed by atoms with van der Waals surface area (Å²) in [5.74, 6) is 0.458. The summed E-state index contributed by atoms with van der Waals surface area (Å²) in [6, 6.07) is -0.664. The van der Waals surface area contributed by atoms with Gasteiger partial charge in [0.1, 0.15) is 11.6 Å². The maximum Gasteiger partial charge on any atom is 0.407 e.